The van der Waals surface area contributed by atoms with Crippen LogP contribution in [-0.4, -0.2) is 42.1 Å². The van der Waals surface area contributed by atoms with Gasteiger partial charge in [-0.2, -0.15) is 0 Å². The Bertz CT molecular complexity index is 407. The summed E-state index contributed by atoms with van der Waals surface area (Å²) in [6.45, 7) is 8.83. The zero-order chi connectivity index (χ0) is 15.1. The van der Waals surface area contributed by atoms with E-state index in [0.717, 1.165) is 11.3 Å². The van der Waals surface area contributed by atoms with Gasteiger partial charge in [0.25, 0.3) is 0 Å². The standard InChI is InChI=1S/C16H27NO3/c1-11(2)15(9-18)17-8-14(19)10-20-16-6-5-12(3)7-13(16)4/h5-7,11,14-15,17-19H,8-10H2,1-4H3. The van der Waals surface area contributed by atoms with Crippen LogP contribution in [0.2, 0.25) is 0 Å². The van der Waals surface area contributed by atoms with Crippen LogP contribution in [0.25, 0.3) is 0 Å². The molecule has 1 aromatic carbocycles. The molecule has 0 spiro atoms. The molecule has 0 aliphatic carbocycles. The zero-order valence-corrected chi connectivity index (χ0v) is 12.9. The van der Waals surface area contributed by atoms with Gasteiger partial charge in [-0.3, -0.25) is 0 Å². The first-order chi connectivity index (χ1) is 9.43. The molecular weight excluding hydrogens is 254 g/mol. The highest BCUT2D eigenvalue weighted by Crippen LogP contribution is 2.18. The molecule has 114 valence electrons. The largest absolute Gasteiger partial charge is 0.491 e. The van der Waals surface area contributed by atoms with E-state index in [1.54, 1.807) is 0 Å². The van der Waals surface area contributed by atoms with E-state index >= 15 is 0 Å². The number of hydrogen-bond acceptors (Lipinski definition) is 4. The van der Waals surface area contributed by atoms with Crippen molar-refractivity contribution in [1.82, 2.24) is 5.32 Å². The molecule has 0 fully saturated rings. The number of hydrogen-bond donors (Lipinski definition) is 3. The van der Waals surface area contributed by atoms with E-state index in [1.165, 1.54) is 5.56 Å². The Morgan fingerprint density at radius 3 is 2.50 bits per heavy atom. The molecule has 0 aromatic heterocycles. The van der Waals surface area contributed by atoms with Crippen molar-refractivity contribution >= 4 is 0 Å². The van der Waals surface area contributed by atoms with Crippen LogP contribution in [0.4, 0.5) is 0 Å². The van der Waals surface area contributed by atoms with Gasteiger partial charge in [0, 0.05) is 12.6 Å². The maximum absolute atomic E-state index is 9.91. The summed E-state index contributed by atoms with van der Waals surface area (Å²) in [6, 6.07) is 5.98. The number of aryl methyl sites for hydroxylation is 2. The van der Waals surface area contributed by atoms with Crippen LogP contribution in [0.5, 0.6) is 5.75 Å². The molecular formula is C16H27NO3. The van der Waals surface area contributed by atoms with E-state index < -0.39 is 6.10 Å². The predicted molar refractivity (Wildman–Crippen MR) is 81.1 cm³/mol. The lowest BCUT2D eigenvalue weighted by Gasteiger charge is -2.22. The first-order valence-corrected chi connectivity index (χ1v) is 7.16. The van der Waals surface area contributed by atoms with Crippen molar-refractivity contribution in [2.75, 3.05) is 19.8 Å². The predicted octanol–water partition coefficient (Wildman–Crippen LogP) is 1.65. The van der Waals surface area contributed by atoms with Gasteiger partial charge in [0.15, 0.2) is 0 Å². The van der Waals surface area contributed by atoms with Crippen LogP contribution in [-0.2, 0) is 0 Å². The van der Waals surface area contributed by atoms with E-state index in [0.29, 0.717) is 12.5 Å². The molecule has 0 aliphatic rings. The number of nitrogens with one attached hydrogen (secondary N) is 1. The Morgan fingerprint density at radius 2 is 1.95 bits per heavy atom. The Hall–Kier alpha value is -1.10. The maximum Gasteiger partial charge on any atom is 0.122 e. The summed E-state index contributed by atoms with van der Waals surface area (Å²) in [7, 11) is 0. The molecule has 0 heterocycles. The Kier molecular flexibility index (Phi) is 6.99. The summed E-state index contributed by atoms with van der Waals surface area (Å²) in [5, 5.41) is 22.3. The molecule has 4 nitrogen and oxygen atoms in total. The SMILES string of the molecule is Cc1ccc(OCC(O)CNC(CO)C(C)C)c(C)c1. The Morgan fingerprint density at radius 1 is 1.25 bits per heavy atom. The van der Waals surface area contributed by atoms with Gasteiger partial charge in [-0.25, -0.2) is 0 Å². The molecule has 3 N–H and O–H groups in total. The highest BCUT2D eigenvalue weighted by atomic mass is 16.5. The molecule has 2 atom stereocenters. The highest BCUT2D eigenvalue weighted by Gasteiger charge is 2.14. The van der Waals surface area contributed by atoms with E-state index in [-0.39, 0.29) is 19.3 Å². The maximum atomic E-state index is 9.91. The van der Waals surface area contributed by atoms with Gasteiger partial charge in [-0.05, 0) is 31.4 Å². The Labute approximate surface area is 121 Å². The summed E-state index contributed by atoms with van der Waals surface area (Å²) < 4.78 is 5.63. The molecule has 0 saturated carbocycles. The number of ether oxygens (including phenoxy) is 1. The fourth-order valence-electron chi connectivity index (χ4n) is 2.00. The minimum absolute atomic E-state index is 0.00533. The summed E-state index contributed by atoms with van der Waals surface area (Å²) in [5.41, 5.74) is 2.26. The van der Waals surface area contributed by atoms with Crippen LogP contribution in [0.1, 0.15) is 25.0 Å². The third-order valence-corrected chi connectivity index (χ3v) is 3.38. The molecule has 0 radical (unpaired) electrons. The van der Waals surface area contributed by atoms with E-state index in [4.69, 9.17) is 4.74 Å². The van der Waals surface area contributed by atoms with Crippen LogP contribution in [0.15, 0.2) is 18.2 Å². The fourth-order valence-corrected chi connectivity index (χ4v) is 2.00. The van der Waals surface area contributed by atoms with Crippen LogP contribution in [0.3, 0.4) is 0 Å². The number of benzene rings is 1. The van der Waals surface area contributed by atoms with Gasteiger partial charge >= 0.3 is 0 Å². The van der Waals surface area contributed by atoms with Gasteiger partial charge in [0.05, 0.1) is 6.61 Å². The highest BCUT2D eigenvalue weighted by molar-refractivity contribution is 5.35. The number of aliphatic hydroxyl groups is 2. The topological polar surface area (TPSA) is 61.7 Å². The lowest BCUT2D eigenvalue weighted by Crippen LogP contribution is -2.42. The average Bonchev–Trinajstić information content (AvgIpc) is 2.38. The molecule has 2 unspecified atom stereocenters. The first-order valence-electron chi connectivity index (χ1n) is 7.16. The van der Waals surface area contributed by atoms with Gasteiger partial charge in [0.2, 0.25) is 0 Å². The molecule has 0 saturated heterocycles. The van der Waals surface area contributed by atoms with Gasteiger partial charge in [-0.1, -0.05) is 31.5 Å². The quantitative estimate of drug-likeness (QED) is 0.678. The van der Waals surface area contributed by atoms with Crippen molar-refractivity contribution in [1.29, 1.82) is 0 Å². The third kappa shape index (κ3) is 5.49. The molecule has 1 aromatic rings. The van der Waals surface area contributed by atoms with Gasteiger partial charge in [-0.15, -0.1) is 0 Å². The van der Waals surface area contributed by atoms with Crippen LogP contribution < -0.4 is 10.1 Å². The van der Waals surface area contributed by atoms with Crippen molar-refractivity contribution in [2.45, 2.75) is 39.8 Å². The summed E-state index contributed by atoms with van der Waals surface area (Å²) >= 11 is 0. The monoisotopic (exact) mass is 281 g/mol. The lowest BCUT2D eigenvalue weighted by molar-refractivity contribution is 0.0959. The number of aliphatic hydroxyl groups excluding tert-OH is 2. The lowest BCUT2D eigenvalue weighted by atomic mass is 10.1. The van der Waals surface area contributed by atoms with Gasteiger partial charge < -0.3 is 20.3 Å². The van der Waals surface area contributed by atoms with Crippen molar-refractivity contribution in [3.63, 3.8) is 0 Å². The van der Waals surface area contributed by atoms with Crippen molar-refractivity contribution in [2.24, 2.45) is 5.92 Å². The Balaban J connectivity index is 2.37. The van der Waals surface area contributed by atoms with E-state index in [1.807, 2.05) is 39.8 Å². The van der Waals surface area contributed by atoms with Crippen molar-refractivity contribution in [3.05, 3.63) is 29.3 Å². The second kappa shape index (κ2) is 8.25. The van der Waals surface area contributed by atoms with Crippen LogP contribution in [0, 0.1) is 19.8 Å². The summed E-state index contributed by atoms with van der Waals surface area (Å²) in [4.78, 5) is 0. The molecule has 4 heteroatoms. The minimum atomic E-state index is -0.594. The molecule has 20 heavy (non-hydrogen) atoms. The summed E-state index contributed by atoms with van der Waals surface area (Å²) in [6.07, 6.45) is -0.594. The molecule has 0 bridgehead atoms. The van der Waals surface area contributed by atoms with E-state index in [9.17, 15) is 10.2 Å². The molecule has 0 amide bonds. The van der Waals surface area contributed by atoms with Crippen molar-refractivity contribution < 1.29 is 14.9 Å². The van der Waals surface area contributed by atoms with Crippen molar-refractivity contribution in [3.8, 4) is 5.75 Å². The van der Waals surface area contributed by atoms with E-state index in [2.05, 4.69) is 11.4 Å². The first kappa shape index (κ1) is 17.0. The normalized spacial score (nSPS) is 14.3. The second-order valence-corrected chi connectivity index (χ2v) is 5.68. The average molecular weight is 281 g/mol. The summed E-state index contributed by atoms with van der Waals surface area (Å²) in [5.74, 6) is 1.13. The number of rotatable bonds is 8. The molecule has 1 rings (SSSR count). The second-order valence-electron chi connectivity index (χ2n) is 5.68. The zero-order valence-electron chi connectivity index (χ0n) is 12.9. The van der Waals surface area contributed by atoms with Crippen LogP contribution >= 0.6 is 0 Å². The third-order valence-electron chi connectivity index (χ3n) is 3.38. The van der Waals surface area contributed by atoms with Gasteiger partial charge in [0.1, 0.15) is 18.5 Å². The fraction of sp³-hybridized carbons (Fsp3) is 0.625. The minimum Gasteiger partial charge on any atom is -0.491 e. The molecule has 0 aliphatic heterocycles. The smallest absolute Gasteiger partial charge is 0.122 e.